The predicted octanol–water partition coefficient (Wildman–Crippen LogP) is 3.84. The van der Waals surface area contributed by atoms with E-state index in [0.29, 0.717) is 13.0 Å². The molecule has 1 heterocycles. The van der Waals surface area contributed by atoms with Crippen molar-refractivity contribution in [2.45, 2.75) is 46.2 Å². The Morgan fingerprint density at radius 2 is 1.87 bits per heavy atom. The van der Waals surface area contributed by atoms with Crippen LogP contribution in [-0.4, -0.2) is 35.0 Å². The predicted molar refractivity (Wildman–Crippen MR) is 127 cm³/mol. The fourth-order valence-electron chi connectivity index (χ4n) is 3.49. The van der Waals surface area contributed by atoms with E-state index in [9.17, 15) is 4.79 Å². The molecule has 0 saturated heterocycles. The number of anilines is 1. The lowest BCUT2D eigenvalue weighted by molar-refractivity contribution is -0.116. The Morgan fingerprint density at radius 1 is 1.10 bits per heavy atom. The van der Waals surface area contributed by atoms with Gasteiger partial charge in [0.25, 0.3) is 0 Å². The minimum atomic E-state index is 0.0526. The van der Waals surface area contributed by atoms with Crippen molar-refractivity contribution in [1.29, 1.82) is 0 Å². The summed E-state index contributed by atoms with van der Waals surface area (Å²) in [5.41, 5.74) is 4.17. The van der Waals surface area contributed by atoms with Crippen molar-refractivity contribution in [3.8, 4) is 0 Å². The standard InChI is InChI=1S/C24H32N6O/c1-4-8-23(31)29-20-13-11-19(12-14-20)17-27-24(25-3)26-15-7-16-30-18(2)28-21-9-5-6-10-22(21)30/h5-6,9-14H,4,7-8,15-17H2,1-3H3,(H,29,31)(H2,25,26,27). The van der Waals surface area contributed by atoms with Crippen LogP contribution in [0.4, 0.5) is 5.69 Å². The molecule has 0 atom stereocenters. The Kier molecular flexibility index (Phi) is 8.04. The Bertz CT molecular complexity index is 1020. The lowest BCUT2D eigenvalue weighted by atomic mass is 10.2. The fraction of sp³-hybridized carbons (Fsp3) is 0.375. The molecule has 0 aliphatic heterocycles. The largest absolute Gasteiger partial charge is 0.356 e. The number of guanidine groups is 1. The van der Waals surface area contributed by atoms with Gasteiger partial charge in [-0.2, -0.15) is 0 Å². The number of amides is 1. The van der Waals surface area contributed by atoms with Gasteiger partial charge in [0.1, 0.15) is 5.82 Å². The van der Waals surface area contributed by atoms with E-state index in [1.807, 2.05) is 37.3 Å². The molecule has 7 nitrogen and oxygen atoms in total. The number of hydrogen-bond acceptors (Lipinski definition) is 3. The summed E-state index contributed by atoms with van der Waals surface area (Å²) < 4.78 is 2.26. The molecule has 0 radical (unpaired) electrons. The SMILES string of the molecule is CCCC(=O)Nc1ccc(CNC(=NC)NCCCn2c(C)nc3ccccc32)cc1. The molecular weight excluding hydrogens is 388 g/mol. The molecule has 0 fully saturated rings. The van der Waals surface area contributed by atoms with E-state index in [0.717, 1.165) is 54.5 Å². The van der Waals surface area contributed by atoms with Crippen LogP contribution >= 0.6 is 0 Å². The van der Waals surface area contributed by atoms with Crippen molar-refractivity contribution in [2.24, 2.45) is 4.99 Å². The van der Waals surface area contributed by atoms with Gasteiger partial charge in [-0.1, -0.05) is 31.2 Å². The lowest BCUT2D eigenvalue weighted by Gasteiger charge is -2.13. The number of hydrogen-bond donors (Lipinski definition) is 3. The number of carbonyl (C=O) groups is 1. The minimum absolute atomic E-state index is 0.0526. The highest BCUT2D eigenvalue weighted by atomic mass is 16.1. The number of rotatable bonds is 9. The molecule has 0 unspecified atom stereocenters. The molecule has 0 aliphatic carbocycles. The zero-order chi connectivity index (χ0) is 22.1. The summed E-state index contributed by atoms with van der Waals surface area (Å²) in [5, 5.41) is 9.61. The highest BCUT2D eigenvalue weighted by Gasteiger charge is 2.06. The molecular formula is C24H32N6O. The molecule has 3 aromatic rings. The summed E-state index contributed by atoms with van der Waals surface area (Å²) in [4.78, 5) is 20.6. The van der Waals surface area contributed by atoms with Gasteiger partial charge in [-0.25, -0.2) is 4.98 Å². The number of imidazole rings is 1. The van der Waals surface area contributed by atoms with Crippen LogP contribution in [0.15, 0.2) is 53.5 Å². The topological polar surface area (TPSA) is 83.3 Å². The molecule has 1 amide bonds. The highest BCUT2D eigenvalue weighted by Crippen LogP contribution is 2.15. The third-order valence-corrected chi connectivity index (χ3v) is 5.09. The van der Waals surface area contributed by atoms with Crippen LogP contribution in [0.3, 0.4) is 0 Å². The molecule has 3 N–H and O–H groups in total. The Balaban J connectivity index is 1.42. The van der Waals surface area contributed by atoms with Gasteiger partial charge in [-0.05, 0) is 49.6 Å². The highest BCUT2D eigenvalue weighted by molar-refractivity contribution is 5.90. The van der Waals surface area contributed by atoms with Crippen LogP contribution in [-0.2, 0) is 17.9 Å². The number of aromatic nitrogens is 2. The summed E-state index contributed by atoms with van der Waals surface area (Å²) in [5.74, 6) is 1.86. The molecule has 7 heteroatoms. The number of benzene rings is 2. The second kappa shape index (κ2) is 11.2. The number of aliphatic imine (C=N–C) groups is 1. The van der Waals surface area contributed by atoms with Crippen molar-refractivity contribution in [3.63, 3.8) is 0 Å². The fourth-order valence-corrected chi connectivity index (χ4v) is 3.49. The first-order valence-electron chi connectivity index (χ1n) is 10.9. The smallest absolute Gasteiger partial charge is 0.224 e. The van der Waals surface area contributed by atoms with Crippen molar-refractivity contribution in [1.82, 2.24) is 20.2 Å². The van der Waals surface area contributed by atoms with Gasteiger partial charge in [-0.3, -0.25) is 9.79 Å². The van der Waals surface area contributed by atoms with E-state index in [1.54, 1.807) is 7.05 Å². The van der Waals surface area contributed by atoms with Crippen molar-refractivity contribution >= 4 is 28.6 Å². The second-order valence-electron chi connectivity index (χ2n) is 7.50. The van der Waals surface area contributed by atoms with Gasteiger partial charge in [0.05, 0.1) is 11.0 Å². The summed E-state index contributed by atoms with van der Waals surface area (Å²) >= 11 is 0. The van der Waals surface area contributed by atoms with E-state index < -0.39 is 0 Å². The average molecular weight is 421 g/mol. The minimum Gasteiger partial charge on any atom is -0.356 e. The van der Waals surface area contributed by atoms with Gasteiger partial charge in [0.2, 0.25) is 5.91 Å². The number of aryl methyl sites for hydroxylation is 2. The van der Waals surface area contributed by atoms with Crippen molar-refractivity contribution in [2.75, 3.05) is 18.9 Å². The van der Waals surface area contributed by atoms with Crippen LogP contribution < -0.4 is 16.0 Å². The molecule has 164 valence electrons. The first-order chi connectivity index (χ1) is 15.1. The molecule has 31 heavy (non-hydrogen) atoms. The van der Waals surface area contributed by atoms with E-state index >= 15 is 0 Å². The van der Waals surface area contributed by atoms with Crippen LogP contribution in [0.1, 0.15) is 37.6 Å². The van der Waals surface area contributed by atoms with Crippen LogP contribution in [0, 0.1) is 6.92 Å². The number of nitrogens with zero attached hydrogens (tertiary/aromatic N) is 3. The third kappa shape index (κ3) is 6.31. The van der Waals surface area contributed by atoms with Gasteiger partial charge in [0, 0.05) is 38.8 Å². The maximum Gasteiger partial charge on any atom is 0.224 e. The summed E-state index contributed by atoms with van der Waals surface area (Å²) in [6, 6.07) is 16.1. The van der Waals surface area contributed by atoms with Gasteiger partial charge >= 0.3 is 0 Å². The van der Waals surface area contributed by atoms with Crippen molar-refractivity contribution in [3.05, 3.63) is 59.9 Å². The average Bonchev–Trinajstić information content (AvgIpc) is 3.09. The number of fused-ring (bicyclic) bond motifs is 1. The maximum absolute atomic E-state index is 11.7. The monoisotopic (exact) mass is 420 g/mol. The summed E-state index contributed by atoms with van der Waals surface area (Å²) in [7, 11) is 1.77. The third-order valence-electron chi connectivity index (χ3n) is 5.09. The molecule has 3 rings (SSSR count). The summed E-state index contributed by atoms with van der Waals surface area (Å²) in [6.07, 6.45) is 2.36. The Labute approximate surface area is 184 Å². The van der Waals surface area contributed by atoms with E-state index in [-0.39, 0.29) is 5.91 Å². The lowest BCUT2D eigenvalue weighted by Crippen LogP contribution is -2.37. The van der Waals surface area contributed by atoms with E-state index in [4.69, 9.17) is 0 Å². The van der Waals surface area contributed by atoms with Crippen LogP contribution in [0.5, 0.6) is 0 Å². The number of carbonyl (C=O) groups excluding carboxylic acids is 1. The quantitative estimate of drug-likeness (QED) is 0.279. The first-order valence-corrected chi connectivity index (χ1v) is 10.9. The zero-order valence-corrected chi connectivity index (χ0v) is 18.6. The zero-order valence-electron chi connectivity index (χ0n) is 18.6. The molecule has 2 aromatic carbocycles. The molecule has 0 saturated carbocycles. The second-order valence-corrected chi connectivity index (χ2v) is 7.50. The van der Waals surface area contributed by atoms with Gasteiger partial charge < -0.3 is 20.5 Å². The molecule has 1 aromatic heterocycles. The number of nitrogens with one attached hydrogen (secondary N) is 3. The summed E-state index contributed by atoms with van der Waals surface area (Å²) in [6.45, 7) is 6.42. The Hall–Kier alpha value is -3.35. The Morgan fingerprint density at radius 3 is 2.61 bits per heavy atom. The van der Waals surface area contributed by atoms with Gasteiger partial charge in [0.15, 0.2) is 5.96 Å². The first kappa shape index (κ1) is 22.3. The normalized spacial score (nSPS) is 11.5. The van der Waals surface area contributed by atoms with E-state index in [2.05, 4.69) is 55.6 Å². The van der Waals surface area contributed by atoms with Crippen molar-refractivity contribution < 1.29 is 4.79 Å². The van der Waals surface area contributed by atoms with E-state index in [1.165, 1.54) is 5.52 Å². The maximum atomic E-state index is 11.7. The van der Waals surface area contributed by atoms with Crippen LogP contribution in [0.25, 0.3) is 11.0 Å². The van der Waals surface area contributed by atoms with Gasteiger partial charge in [-0.15, -0.1) is 0 Å². The molecule has 0 spiro atoms. The van der Waals surface area contributed by atoms with Crippen LogP contribution in [0.2, 0.25) is 0 Å². The molecule has 0 aliphatic rings. The molecule has 0 bridgehead atoms. The number of para-hydroxylation sites is 2.